The van der Waals surface area contributed by atoms with Crippen molar-refractivity contribution in [3.8, 4) is 11.5 Å². The van der Waals surface area contributed by atoms with Gasteiger partial charge in [0, 0.05) is 61.2 Å². The zero-order chi connectivity index (χ0) is 39.8. The predicted octanol–water partition coefficient (Wildman–Crippen LogP) is 3.52. The third-order valence-corrected chi connectivity index (χ3v) is 10.8. The van der Waals surface area contributed by atoms with E-state index in [2.05, 4.69) is 26.2 Å². The number of benzene rings is 3. The summed E-state index contributed by atoms with van der Waals surface area (Å²) in [5, 5.41) is 42.7. The fourth-order valence-electron chi connectivity index (χ4n) is 7.95. The summed E-state index contributed by atoms with van der Waals surface area (Å²) in [5.74, 6) is -1.61. The number of hydrogen-bond donors (Lipinski definition) is 7. The maximum absolute atomic E-state index is 12.9. The third kappa shape index (κ3) is 10.4. The van der Waals surface area contributed by atoms with Crippen molar-refractivity contribution in [3.05, 3.63) is 83.4 Å². The number of nitrogens with one attached hydrogen (secondary N) is 4. The third-order valence-electron chi connectivity index (χ3n) is 10.8. The number of ether oxygens (including phenoxy) is 2. The topological polar surface area (TPSA) is 199 Å². The number of esters is 1. The van der Waals surface area contributed by atoms with Gasteiger partial charge in [-0.05, 0) is 74.9 Å². The van der Waals surface area contributed by atoms with Crippen LogP contribution in [0.4, 0.5) is 11.4 Å². The molecule has 2 bridgehead atoms. The highest BCUT2D eigenvalue weighted by atomic mass is 16.5. The second kappa shape index (κ2) is 18.3. The Hall–Kier alpha value is -5.02. The molecule has 2 fully saturated rings. The van der Waals surface area contributed by atoms with Gasteiger partial charge in [-0.3, -0.25) is 24.1 Å². The number of carbonyl (C=O) groups is 4. The van der Waals surface area contributed by atoms with E-state index in [1.54, 1.807) is 6.07 Å². The Labute approximate surface area is 327 Å². The molecule has 3 aromatic rings. The Morgan fingerprint density at radius 2 is 1.71 bits per heavy atom. The standard InChI is InChI=1S/C42H53N5O9/c1-42(2,44-22-35(50)32-16-17-34(49)39-40(32)55-25-38(53)46-39)21-26-10-12-28(13-11-26)45-36(51)9-6-18-43-37(52)23-47-29-14-15-30(47)20-31(19-29)56-41(54)33(24-48)27-7-4-3-5-8-27/h3-5,7-8,10-13,16-17,29-31,33,35,44,48-50H,6,9,14-15,18-25H2,1-2H3,(H,43,52)(H,45,51)(H,46,53). The molecule has 3 aliphatic heterocycles. The molecule has 2 saturated heterocycles. The zero-order valence-corrected chi connectivity index (χ0v) is 32.0. The molecule has 14 heteroatoms. The number of nitrogens with zero attached hydrogens (tertiary/aromatic N) is 1. The SMILES string of the molecule is CC(C)(Cc1ccc(NC(=O)CCCNC(=O)CN2C3CCC2CC(OC(=O)C(CO)c2ccccc2)C3)cc1)NCC(O)c1ccc(O)c2c1OCC(=O)N2. The highest BCUT2D eigenvalue weighted by Gasteiger charge is 2.43. The number of piperidine rings is 1. The van der Waals surface area contributed by atoms with Gasteiger partial charge in [0.05, 0.1) is 19.3 Å². The minimum absolute atomic E-state index is 0.0898. The van der Waals surface area contributed by atoms with E-state index in [0.717, 1.165) is 24.0 Å². The average molecular weight is 772 g/mol. The van der Waals surface area contributed by atoms with E-state index in [1.807, 2.05) is 68.4 Å². The minimum Gasteiger partial charge on any atom is -0.506 e. The number of β-amino-alcohol motifs (C(OH)–C–C–N with tert-alkyl or cyclic N) is 1. The number of fused-ring (bicyclic) bond motifs is 3. The molecule has 0 spiro atoms. The smallest absolute Gasteiger partial charge is 0.316 e. The number of aromatic hydroxyl groups is 1. The van der Waals surface area contributed by atoms with E-state index in [-0.39, 0.29) is 85.8 Å². The first-order valence-electron chi connectivity index (χ1n) is 19.4. The van der Waals surface area contributed by atoms with Gasteiger partial charge in [0.15, 0.2) is 12.4 Å². The molecule has 300 valence electrons. The van der Waals surface area contributed by atoms with E-state index >= 15 is 0 Å². The van der Waals surface area contributed by atoms with Gasteiger partial charge in [0.2, 0.25) is 11.8 Å². The minimum atomic E-state index is -0.949. The highest BCUT2D eigenvalue weighted by Crippen LogP contribution is 2.41. The summed E-state index contributed by atoms with van der Waals surface area (Å²) in [7, 11) is 0. The van der Waals surface area contributed by atoms with Gasteiger partial charge in [-0.2, -0.15) is 0 Å². The van der Waals surface area contributed by atoms with Crippen molar-refractivity contribution in [1.29, 1.82) is 0 Å². The molecule has 0 aliphatic carbocycles. The van der Waals surface area contributed by atoms with Crippen molar-refractivity contribution in [1.82, 2.24) is 15.5 Å². The number of rotatable bonds is 17. The monoisotopic (exact) mass is 771 g/mol. The van der Waals surface area contributed by atoms with E-state index < -0.39 is 23.5 Å². The van der Waals surface area contributed by atoms with Gasteiger partial charge in [-0.25, -0.2) is 0 Å². The summed E-state index contributed by atoms with van der Waals surface area (Å²) in [6, 6.07) is 20.0. The predicted molar refractivity (Wildman–Crippen MR) is 209 cm³/mol. The van der Waals surface area contributed by atoms with Crippen molar-refractivity contribution in [2.24, 2.45) is 0 Å². The molecule has 3 heterocycles. The van der Waals surface area contributed by atoms with Crippen LogP contribution in [-0.2, 0) is 30.3 Å². The average Bonchev–Trinajstić information content (AvgIpc) is 3.39. The summed E-state index contributed by atoms with van der Waals surface area (Å²) < 4.78 is 11.4. The van der Waals surface area contributed by atoms with Crippen LogP contribution in [0.5, 0.6) is 11.5 Å². The highest BCUT2D eigenvalue weighted by molar-refractivity contribution is 5.97. The second-order valence-corrected chi connectivity index (χ2v) is 15.6. The van der Waals surface area contributed by atoms with Gasteiger partial charge < -0.3 is 46.1 Å². The number of amides is 3. The number of anilines is 2. The Morgan fingerprint density at radius 3 is 2.41 bits per heavy atom. The lowest BCUT2D eigenvalue weighted by Gasteiger charge is -2.38. The molecule has 4 unspecified atom stereocenters. The molecule has 3 aliphatic rings. The largest absolute Gasteiger partial charge is 0.506 e. The number of phenolic OH excluding ortho intramolecular Hbond substituents is 1. The maximum atomic E-state index is 12.9. The number of carbonyl (C=O) groups excluding carboxylic acids is 4. The molecule has 56 heavy (non-hydrogen) atoms. The van der Waals surface area contributed by atoms with Crippen LogP contribution in [0.3, 0.4) is 0 Å². The van der Waals surface area contributed by atoms with Gasteiger partial charge in [-0.15, -0.1) is 0 Å². The molecule has 0 radical (unpaired) electrons. The summed E-state index contributed by atoms with van der Waals surface area (Å²) in [6.45, 7) is 4.38. The molecule has 6 rings (SSSR count). The Morgan fingerprint density at radius 1 is 1.00 bits per heavy atom. The first-order valence-corrected chi connectivity index (χ1v) is 19.4. The van der Waals surface area contributed by atoms with Crippen LogP contribution >= 0.6 is 0 Å². The quantitative estimate of drug-likeness (QED) is 0.0602. The van der Waals surface area contributed by atoms with Gasteiger partial charge in [0.25, 0.3) is 5.91 Å². The molecule has 4 atom stereocenters. The van der Waals surface area contributed by atoms with Gasteiger partial charge in [-0.1, -0.05) is 42.5 Å². The van der Waals surface area contributed by atoms with Crippen molar-refractivity contribution in [3.63, 3.8) is 0 Å². The number of aliphatic hydroxyl groups is 2. The second-order valence-electron chi connectivity index (χ2n) is 15.6. The van der Waals surface area contributed by atoms with E-state index in [0.29, 0.717) is 43.5 Å². The van der Waals surface area contributed by atoms with Crippen LogP contribution < -0.4 is 26.0 Å². The molecule has 3 amide bonds. The van der Waals surface area contributed by atoms with Crippen LogP contribution in [0.15, 0.2) is 66.7 Å². The summed E-state index contributed by atoms with van der Waals surface area (Å²) in [4.78, 5) is 52.3. The lowest BCUT2D eigenvalue weighted by Crippen LogP contribution is -2.50. The molecule has 0 saturated carbocycles. The first kappa shape index (κ1) is 40.6. The summed E-state index contributed by atoms with van der Waals surface area (Å²) >= 11 is 0. The Kier molecular flexibility index (Phi) is 13.3. The number of aliphatic hydroxyl groups excluding tert-OH is 2. The van der Waals surface area contributed by atoms with Gasteiger partial charge in [0.1, 0.15) is 23.5 Å². The summed E-state index contributed by atoms with van der Waals surface area (Å²) in [5.41, 5.74) is 2.64. The van der Waals surface area contributed by atoms with Gasteiger partial charge >= 0.3 is 5.97 Å². The lowest BCUT2D eigenvalue weighted by atomic mass is 9.94. The van der Waals surface area contributed by atoms with E-state index in [1.165, 1.54) is 6.07 Å². The lowest BCUT2D eigenvalue weighted by molar-refractivity contribution is -0.156. The normalized spacial score (nSPS) is 20.2. The maximum Gasteiger partial charge on any atom is 0.316 e. The molecular weight excluding hydrogens is 718 g/mol. The van der Waals surface area contributed by atoms with Crippen LogP contribution in [0.2, 0.25) is 0 Å². The number of hydrogen-bond acceptors (Lipinski definition) is 11. The van der Waals surface area contributed by atoms with Crippen molar-refractivity contribution in [2.45, 2.75) is 94.5 Å². The molecule has 14 nitrogen and oxygen atoms in total. The van der Waals surface area contributed by atoms with Crippen LogP contribution in [-0.4, -0.2) is 100 Å². The zero-order valence-electron chi connectivity index (χ0n) is 32.0. The molecule has 0 aromatic heterocycles. The first-order chi connectivity index (χ1) is 26.9. The van der Waals surface area contributed by atoms with Crippen LogP contribution in [0.25, 0.3) is 0 Å². The summed E-state index contributed by atoms with van der Waals surface area (Å²) in [6.07, 6.45) is 3.40. The van der Waals surface area contributed by atoms with Crippen molar-refractivity contribution < 1.29 is 44.0 Å². The molecular formula is C42H53N5O9. The van der Waals surface area contributed by atoms with E-state index in [4.69, 9.17) is 9.47 Å². The van der Waals surface area contributed by atoms with Crippen molar-refractivity contribution >= 4 is 35.1 Å². The van der Waals surface area contributed by atoms with Crippen LogP contribution in [0, 0.1) is 0 Å². The fourth-order valence-corrected chi connectivity index (χ4v) is 7.95. The molecule has 7 N–H and O–H groups in total. The Balaban J connectivity index is 0.870. The fraction of sp³-hybridized carbons (Fsp3) is 0.476. The number of phenols is 1. The molecule has 3 aromatic carbocycles. The Bertz CT molecular complexity index is 1840. The van der Waals surface area contributed by atoms with Crippen LogP contribution in [0.1, 0.15) is 81.1 Å². The van der Waals surface area contributed by atoms with E-state index in [9.17, 15) is 34.5 Å². The van der Waals surface area contributed by atoms with Crippen molar-refractivity contribution in [2.75, 3.05) is 43.5 Å².